The third-order valence-corrected chi connectivity index (χ3v) is 4.60. The van der Waals surface area contributed by atoms with Crippen LogP contribution in [0.2, 0.25) is 0 Å². The van der Waals surface area contributed by atoms with Gasteiger partial charge in [0.2, 0.25) is 0 Å². The summed E-state index contributed by atoms with van der Waals surface area (Å²) < 4.78 is 0. The van der Waals surface area contributed by atoms with Crippen molar-refractivity contribution in [2.24, 2.45) is 0 Å². The molecule has 2 aromatic carbocycles. The lowest BCUT2D eigenvalue weighted by Gasteiger charge is -2.01. The van der Waals surface area contributed by atoms with Gasteiger partial charge in [0, 0.05) is 12.8 Å². The minimum absolute atomic E-state index is 0.257. The van der Waals surface area contributed by atoms with E-state index in [1.807, 2.05) is 24.3 Å². The number of aromatic hydroxyl groups is 2. The standard InChI is InChI=1S/C12H22O4.C12H10O2/c13-11(14)9-7-5-3-1-2-4-6-8-10-12(15)16;13-11-5-1-9(2-6-11)10-3-7-12(14)8-4-10/h1-10H2,(H,13,14)(H,15,16);1-8,13-14H. The van der Waals surface area contributed by atoms with Crippen LogP contribution in [0.25, 0.3) is 11.1 Å². The van der Waals surface area contributed by atoms with Crippen LogP contribution in [0.4, 0.5) is 0 Å². The van der Waals surface area contributed by atoms with E-state index >= 15 is 0 Å². The van der Waals surface area contributed by atoms with Gasteiger partial charge in [-0.15, -0.1) is 0 Å². The average molecular weight is 417 g/mol. The number of rotatable bonds is 12. The number of carboxylic acids is 2. The summed E-state index contributed by atoms with van der Waals surface area (Å²) in [4.78, 5) is 20.4. The molecule has 0 bridgehead atoms. The molecule has 0 spiro atoms. The Kier molecular flexibility index (Phi) is 12.4. The predicted molar refractivity (Wildman–Crippen MR) is 117 cm³/mol. The van der Waals surface area contributed by atoms with Gasteiger partial charge in [0.15, 0.2) is 0 Å². The Hall–Kier alpha value is -3.02. The zero-order chi connectivity index (χ0) is 22.2. The number of aliphatic carboxylic acids is 2. The van der Waals surface area contributed by atoms with Crippen LogP contribution in [0.5, 0.6) is 11.5 Å². The van der Waals surface area contributed by atoms with Crippen molar-refractivity contribution in [3.8, 4) is 22.6 Å². The van der Waals surface area contributed by atoms with Gasteiger partial charge in [-0.3, -0.25) is 9.59 Å². The van der Waals surface area contributed by atoms with Crippen LogP contribution in [0, 0.1) is 0 Å². The predicted octanol–water partition coefficient (Wildman–Crippen LogP) is 5.82. The smallest absolute Gasteiger partial charge is 0.303 e. The number of phenolic OH excluding ortho intramolecular Hbond substituents is 2. The maximum absolute atomic E-state index is 10.2. The van der Waals surface area contributed by atoms with Crippen LogP contribution in [0.1, 0.15) is 64.2 Å². The first-order chi connectivity index (χ1) is 14.4. The molecule has 6 heteroatoms. The minimum Gasteiger partial charge on any atom is -0.508 e. The largest absolute Gasteiger partial charge is 0.508 e. The minimum atomic E-state index is -0.714. The molecule has 0 fully saturated rings. The molecule has 30 heavy (non-hydrogen) atoms. The van der Waals surface area contributed by atoms with E-state index in [0.29, 0.717) is 0 Å². The van der Waals surface area contributed by atoms with Gasteiger partial charge in [0.05, 0.1) is 0 Å². The molecule has 0 radical (unpaired) electrons. The number of unbranched alkanes of at least 4 members (excludes halogenated alkanes) is 7. The molecule has 0 unspecified atom stereocenters. The van der Waals surface area contributed by atoms with Gasteiger partial charge in [-0.1, -0.05) is 62.8 Å². The third-order valence-electron chi connectivity index (χ3n) is 4.60. The molecule has 0 atom stereocenters. The Morgan fingerprint density at radius 2 is 0.767 bits per heavy atom. The first kappa shape index (κ1) is 25.0. The van der Waals surface area contributed by atoms with Crippen molar-refractivity contribution in [1.82, 2.24) is 0 Å². The van der Waals surface area contributed by atoms with Gasteiger partial charge in [0.25, 0.3) is 0 Å². The number of phenols is 2. The highest BCUT2D eigenvalue weighted by molar-refractivity contribution is 5.67. The van der Waals surface area contributed by atoms with Crippen molar-refractivity contribution in [3.63, 3.8) is 0 Å². The molecule has 0 heterocycles. The van der Waals surface area contributed by atoms with Gasteiger partial charge in [0.1, 0.15) is 11.5 Å². The Morgan fingerprint density at radius 1 is 0.500 bits per heavy atom. The van der Waals surface area contributed by atoms with Crippen LogP contribution in [-0.4, -0.2) is 32.4 Å². The lowest BCUT2D eigenvalue weighted by Crippen LogP contribution is -1.94. The Labute approximate surface area is 177 Å². The molecule has 2 aromatic rings. The summed E-state index contributed by atoms with van der Waals surface area (Å²) >= 11 is 0. The van der Waals surface area contributed by atoms with E-state index < -0.39 is 11.9 Å². The number of carboxylic acid groups (broad SMARTS) is 2. The SMILES string of the molecule is O=C(O)CCCCCCCCCCC(=O)O.Oc1ccc(-c2ccc(O)cc2)cc1. The first-order valence-electron chi connectivity index (χ1n) is 10.4. The van der Waals surface area contributed by atoms with Gasteiger partial charge in [-0.2, -0.15) is 0 Å². The molecular formula is C24H32O6. The topological polar surface area (TPSA) is 115 Å². The number of benzene rings is 2. The van der Waals surface area contributed by atoms with E-state index in [-0.39, 0.29) is 24.3 Å². The summed E-state index contributed by atoms with van der Waals surface area (Å²) in [5.41, 5.74) is 2.03. The van der Waals surface area contributed by atoms with E-state index in [2.05, 4.69) is 0 Å². The average Bonchev–Trinajstić information content (AvgIpc) is 2.71. The molecule has 0 aliphatic rings. The molecule has 0 amide bonds. The number of hydrogen-bond donors (Lipinski definition) is 4. The molecule has 4 N–H and O–H groups in total. The van der Waals surface area contributed by atoms with Crippen LogP contribution in [-0.2, 0) is 9.59 Å². The molecular weight excluding hydrogens is 384 g/mol. The number of hydrogen-bond acceptors (Lipinski definition) is 4. The highest BCUT2D eigenvalue weighted by Gasteiger charge is 1.98. The van der Waals surface area contributed by atoms with Gasteiger partial charge in [-0.25, -0.2) is 0 Å². The van der Waals surface area contributed by atoms with Crippen molar-refractivity contribution in [2.45, 2.75) is 64.2 Å². The zero-order valence-corrected chi connectivity index (χ0v) is 17.3. The second kappa shape index (κ2) is 14.9. The lowest BCUT2D eigenvalue weighted by atomic mass is 10.1. The highest BCUT2D eigenvalue weighted by atomic mass is 16.4. The second-order valence-corrected chi connectivity index (χ2v) is 7.21. The van der Waals surface area contributed by atoms with Crippen molar-refractivity contribution in [1.29, 1.82) is 0 Å². The third kappa shape index (κ3) is 12.4. The van der Waals surface area contributed by atoms with Crippen LogP contribution >= 0.6 is 0 Å². The molecule has 0 aromatic heterocycles. The molecule has 0 saturated heterocycles. The monoisotopic (exact) mass is 416 g/mol. The van der Waals surface area contributed by atoms with Crippen LogP contribution in [0.15, 0.2) is 48.5 Å². The van der Waals surface area contributed by atoms with Crippen molar-refractivity contribution >= 4 is 11.9 Å². The number of carbonyl (C=O) groups is 2. The summed E-state index contributed by atoms with van der Waals surface area (Å²) in [6.45, 7) is 0. The van der Waals surface area contributed by atoms with E-state index in [1.165, 1.54) is 0 Å². The molecule has 2 rings (SSSR count). The molecule has 0 aliphatic heterocycles. The maximum Gasteiger partial charge on any atom is 0.303 e. The fourth-order valence-electron chi connectivity index (χ4n) is 2.92. The quantitative estimate of drug-likeness (QED) is 0.324. The fourth-order valence-corrected chi connectivity index (χ4v) is 2.92. The maximum atomic E-state index is 10.2. The van der Waals surface area contributed by atoms with E-state index in [4.69, 9.17) is 20.4 Å². The molecule has 0 saturated carbocycles. The first-order valence-corrected chi connectivity index (χ1v) is 10.4. The van der Waals surface area contributed by atoms with E-state index in [9.17, 15) is 9.59 Å². The second-order valence-electron chi connectivity index (χ2n) is 7.21. The summed E-state index contributed by atoms with van der Waals surface area (Å²) in [5, 5.41) is 35.0. The van der Waals surface area contributed by atoms with E-state index in [0.717, 1.165) is 62.5 Å². The normalized spacial score (nSPS) is 10.1. The summed E-state index contributed by atoms with van der Waals surface area (Å²) in [7, 11) is 0. The van der Waals surface area contributed by atoms with Crippen LogP contribution in [0.3, 0.4) is 0 Å². The Bertz CT molecular complexity index is 672. The van der Waals surface area contributed by atoms with E-state index in [1.54, 1.807) is 24.3 Å². The van der Waals surface area contributed by atoms with Crippen molar-refractivity contribution in [3.05, 3.63) is 48.5 Å². The fraction of sp³-hybridized carbons (Fsp3) is 0.417. The Morgan fingerprint density at radius 3 is 1.03 bits per heavy atom. The van der Waals surface area contributed by atoms with Gasteiger partial charge < -0.3 is 20.4 Å². The zero-order valence-electron chi connectivity index (χ0n) is 17.3. The summed E-state index contributed by atoms with van der Waals surface area (Å²) in [6.07, 6.45) is 8.51. The Balaban J connectivity index is 0.000000301. The molecule has 6 nitrogen and oxygen atoms in total. The van der Waals surface area contributed by atoms with Gasteiger partial charge >= 0.3 is 11.9 Å². The van der Waals surface area contributed by atoms with Crippen molar-refractivity contribution < 1.29 is 30.0 Å². The van der Waals surface area contributed by atoms with Gasteiger partial charge in [-0.05, 0) is 48.2 Å². The molecule has 164 valence electrons. The van der Waals surface area contributed by atoms with Crippen molar-refractivity contribution in [2.75, 3.05) is 0 Å². The molecule has 0 aliphatic carbocycles. The summed E-state index contributed by atoms with van der Waals surface area (Å²) in [5.74, 6) is -0.914. The lowest BCUT2D eigenvalue weighted by molar-refractivity contribution is -0.138. The highest BCUT2D eigenvalue weighted by Crippen LogP contribution is 2.23. The summed E-state index contributed by atoms with van der Waals surface area (Å²) in [6, 6.07) is 13.9. The van der Waals surface area contributed by atoms with Crippen LogP contribution < -0.4 is 0 Å².